The van der Waals surface area contributed by atoms with E-state index in [1.54, 1.807) is 13.0 Å². The highest BCUT2D eigenvalue weighted by Gasteiger charge is 2.07. The number of aryl methyl sites for hydroxylation is 1. The van der Waals surface area contributed by atoms with Crippen LogP contribution in [-0.4, -0.2) is 22.8 Å². The highest BCUT2D eigenvalue weighted by molar-refractivity contribution is 7.95. The van der Waals surface area contributed by atoms with E-state index >= 15 is 0 Å². The first kappa shape index (κ1) is 11.6. The van der Waals surface area contributed by atoms with E-state index in [1.165, 1.54) is 6.92 Å². The van der Waals surface area contributed by atoms with Crippen LogP contribution < -0.4 is 5.32 Å². The molecule has 1 heterocycles. The van der Waals surface area contributed by atoms with Gasteiger partial charge in [0.15, 0.2) is 5.82 Å². The summed E-state index contributed by atoms with van der Waals surface area (Å²) >= 11 is 0.776. The second kappa shape index (κ2) is 5.40. The lowest BCUT2D eigenvalue weighted by Crippen LogP contribution is -2.14. The van der Waals surface area contributed by atoms with Gasteiger partial charge in [0.25, 0.3) is 0 Å². The molecule has 0 aliphatic rings. The van der Waals surface area contributed by atoms with Crippen molar-refractivity contribution in [3.05, 3.63) is 11.8 Å². The van der Waals surface area contributed by atoms with E-state index in [4.69, 9.17) is 4.52 Å². The van der Waals surface area contributed by atoms with Crippen LogP contribution >= 0.6 is 12.0 Å². The second-order valence-electron chi connectivity index (χ2n) is 2.71. The molecule has 0 unspecified atom stereocenters. The normalized spacial score (nSPS) is 9.73. The molecule has 0 aromatic carbocycles. The van der Waals surface area contributed by atoms with Gasteiger partial charge in [-0.05, 0) is 6.92 Å². The molecule has 0 radical (unpaired) electrons. The smallest absolute Gasteiger partial charge is 0.314 e. The van der Waals surface area contributed by atoms with Gasteiger partial charge in [-0.1, -0.05) is 5.16 Å². The number of carbonyl (C=O) groups excluding carboxylic acids is 2. The third kappa shape index (κ3) is 4.50. The molecule has 0 atom stereocenters. The van der Waals surface area contributed by atoms with Gasteiger partial charge in [0.05, 0.1) is 12.0 Å². The van der Waals surface area contributed by atoms with Gasteiger partial charge >= 0.3 is 5.97 Å². The van der Waals surface area contributed by atoms with Gasteiger partial charge in [0, 0.05) is 13.0 Å². The van der Waals surface area contributed by atoms with Crippen LogP contribution in [0.4, 0.5) is 5.82 Å². The minimum absolute atomic E-state index is 0.0193. The zero-order valence-corrected chi connectivity index (χ0v) is 9.09. The van der Waals surface area contributed by atoms with Crippen molar-refractivity contribution in [2.45, 2.75) is 13.8 Å². The number of nitrogens with one attached hydrogen (secondary N) is 1. The second-order valence-corrected chi connectivity index (χ2v) is 3.40. The molecule has 0 aliphatic carbocycles. The van der Waals surface area contributed by atoms with Crippen LogP contribution in [0.5, 0.6) is 0 Å². The molecule has 0 aliphatic heterocycles. The van der Waals surface area contributed by atoms with Crippen LogP contribution in [0.2, 0.25) is 0 Å². The molecule has 82 valence electrons. The summed E-state index contributed by atoms with van der Waals surface area (Å²) in [5.41, 5.74) is 0. The Balaban J connectivity index is 2.27. The minimum atomic E-state index is -0.440. The average molecular weight is 230 g/mol. The molecule has 0 fully saturated rings. The van der Waals surface area contributed by atoms with Crippen LogP contribution in [0.25, 0.3) is 0 Å². The summed E-state index contributed by atoms with van der Waals surface area (Å²) < 4.78 is 9.28. The predicted octanol–water partition coefficient (Wildman–Crippen LogP) is 1.13. The number of amides is 1. The maximum Gasteiger partial charge on any atom is 0.314 e. The lowest BCUT2D eigenvalue weighted by Gasteiger charge is -1.99. The molecule has 1 rings (SSSR count). The number of carbonyl (C=O) groups is 2. The number of hydrogen-bond acceptors (Lipinski definition) is 6. The van der Waals surface area contributed by atoms with Gasteiger partial charge in [-0.15, -0.1) is 0 Å². The Morgan fingerprint density at radius 2 is 2.40 bits per heavy atom. The van der Waals surface area contributed by atoms with Crippen molar-refractivity contribution in [2.24, 2.45) is 0 Å². The first-order chi connectivity index (χ1) is 7.08. The standard InChI is InChI=1S/C8H10N2O4S/c1-5-3-7(10-13-5)9-8(12)4-15-14-6(2)11/h3H,4H2,1-2H3,(H,9,10,12). The monoisotopic (exact) mass is 230 g/mol. The van der Waals surface area contributed by atoms with Crippen molar-refractivity contribution >= 4 is 29.7 Å². The van der Waals surface area contributed by atoms with Gasteiger partial charge in [-0.2, -0.15) is 0 Å². The average Bonchev–Trinajstić information content (AvgIpc) is 2.50. The Morgan fingerprint density at radius 3 is 2.93 bits per heavy atom. The van der Waals surface area contributed by atoms with E-state index in [1.807, 2.05) is 0 Å². The maximum absolute atomic E-state index is 11.2. The Kier molecular flexibility index (Phi) is 4.17. The zero-order chi connectivity index (χ0) is 11.3. The topological polar surface area (TPSA) is 81.4 Å². The van der Waals surface area contributed by atoms with E-state index < -0.39 is 5.97 Å². The number of rotatable bonds is 4. The Hall–Kier alpha value is -1.50. The highest BCUT2D eigenvalue weighted by atomic mass is 32.2. The molecule has 15 heavy (non-hydrogen) atoms. The largest absolute Gasteiger partial charge is 0.391 e. The number of nitrogens with zero attached hydrogens (tertiary/aromatic N) is 1. The number of aromatic nitrogens is 1. The molecule has 6 nitrogen and oxygen atoms in total. The summed E-state index contributed by atoms with van der Waals surface area (Å²) in [6, 6.07) is 1.59. The summed E-state index contributed by atoms with van der Waals surface area (Å²) in [7, 11) is 0. The van der Waals surface area contributed by atoms with Crippen molar-refractivity contribution in [1.29, 1.82) is 0 Å². The first-order valence-electron chi connectivity index (χ1n) is 4.11. The van der Waals surface area contributed by atoms with Gasteiger partial charge in [-0.3, -0.25) is 9.59 Å². The Labute approximate surface area is 90.5 Å². The molecule has 1 aromatic heterocycles. The van der Waals surface area contributed by atoms with Gasteiger partial charge in [0.2, 0.25) is 5.91 Å². The van der Waals surface area contributed by atoms with Crippen LogP contribution in [0, 0.1) is 6.92 Å². The molecule has 1 amide bonds. The van der Waals surface area contributed by atoms with Crippen LogP contribution in [-0.2, 0) is 13.8 Å². The van der Waals surface area contributed by atoms with Crippen molar-refractivity contribution < 1.29 is 18.3 Å². The fraction of sp³-hybridized carbons (Fsp3) is 0.375. The van der Waals surface area contributed by atoms with Crippen LogP contribution in [0.1, 0.15) is 12.7 Å². The lowest BCUT2D eigenvalue weighted by atomic mass is 10.5. The molecular formula is C8H10N2O4S. The van der Waals surface area contributed by atoms with E-state index in [9.17, 15) is 9.59 Å². The number of anilines is 1. The summed E-state index contributed by atoms with van der Waals surface area (Å²) in [5, 5.41) is 6.06. The summed E-state index contributed by atoms with van der Waals surface area (Å²) in [4.78, 5) is 21.6. The van der Waals surface area contributed by atoms with Gasteiger partial charge in [0.1, 0.15) is 11.5 Å². The Morgan fingerprint density at radius 1 is 1.67 bits per heavy atom. The first-order valence-corrected chi connectivity index (χ1v) is 5.02. The van der Waals surface area contributed by atoms with Crippen molar-refractivity contribution in [3.63, 3.8) is 0 Å². The van der Waals surface area contributed by atoms with Crippen molar-refractivity contribution in [1.82, 2.24) is 5.16 Å². The predicted molar refractivity (Wildman–Crippen MR) is 54.1 cm³/mol. The molecule has 1 N–H and O–H groups in total. The fourth-order valence-corrected chi connectivity index (χ4v) is 1.17. The molecule has 0 saturated heterocycles. The molecule has 0 bridgehead atoms. The summed E-state index contributed by atoms with van der Waals surface area (Å²) in [5.74, 6) is 0.226. The fourth-order valence-electron chi connectivity index (χ4n) is 0.770. The summed E-state index contributed by atoms with van der Waals surface area (Å²) in [6.45, 7) is 2.99. The van der Waals surface area contributed by atoms with Gasteiger partial charge < -0.3 is 14.0 Å². The van der Waals surface area contributed by atoms with Crippen LogP contribution in [0.3, 0.4) is 0 Å². The zero-order valence-electron chi connectivity index (χ0n) is 8.27. The van der Waals surface area contributed by atoms with Gasteiger partial charge in [-0.25, -0.2) is 0 Å². The van der Waals surface area contributed by atoms with E-state index in [0.717, 1.165) is 12.0 Å². The molecule has 7 heteroatoms. The van der Waals surface area contributed by atoms with Crippen molar-refractivity contribution in [2.75, 3.05) is 11.1 Å². The SMILES string of the molecule is CC(=O)OSCC(=O)Nc1cc(C)on1. The lowest BCUT2D eigenvalue weighted by molar-refractivity contribution is -0.130. The number of hydrogen-bond donors (Lipinski definition) is 1. The molecular weight excluding hydrogens is 220 g/mol. The van der Waals surface area contributed by atoms with E-state index in [2.05, 4.69) is 14.7 Å². The van der Waals surface area contributed by atoms with Crippen LogP contribution in [0.15, 0.2) is 10.6 Å². The molecule has 0 saturated carbocycles. The molecule has 1 aromatic rings. The third-order valence-corrected chi connectivity index (χ3v) is 1.99. The highest BCUT2D eigenvalue weighted by Crippen LogP contribution is 2.08. The van der Waals surface area contributed by atoms with E-state index in [0.29, 0.717) is 11.6 Å². The third-order valence-electron chi connectivity index (χ3n) is 1.26. The maximum atomic E-state index is 11.2. The Bertz CT molecular complexity index is 363. The van der Waals surface area contributed by atoms with Crippen molar-refractivity contribution in [3.8, 4) is 0 Å². The quantitative estimate of drug-likeness (QED) is 0.781. The summed E-state index contributed by atoms with van der Waals surface area (Å²) in [6.07, 6.45) is 0. The van der Waals surface area contributed by atoms with E-state index in [-0.39, 0.29) is 11.7 Å². The molecule has 0 spiro atoms. The minimum Gasteiger partial charge on any atom is -0.391 e.